The standard InChI is InChI=1S/C19H21NO8/c1-8-13(21)14(22)15(23)19(27-8)28-11-5-4-9-12(17(11)25-3)20-18-10(6-7-26-18)16(9)24-2/h4-8,13-15,19,21-23H,1-3H3/t8-,13+,14-,15-,19+/m1/s1. The smallest absolute Gasteiger partial charge is 0.230 e. The fourth-order valence-electron chi connectivity index (χ4n) is 3.40. The van der Waals surface area contributed by atoms with Crippen molar-refractivity contribution in [2.45, 2.75) is 37.6 Å². The van der Waals surface area contributed by atoms with Crippen LogP contribution in [0.5, 0.6) is 17.2 Å². The number of hydrogen-bond acceptors (Lipinski definition) is 9. The van der Waals surface area contributed by atoms with Crippen molar-refractivity contribution < 1.29 is 38.7 Å². The van der Waals surface area contributed by atoms with Gasteiger partial charge in [-0.15, -0.1) is 0 Å². The molecule has 9 heteroatoms. The Morgan fingerprint density at radius 2 is 1.68 bits per heavy atom. The van der Waals surface area contributed by atoms with Crippen LogP contribution >= 0.6 is 0 Å². The van der Waals surface area contributed by atoms with E-state index in [0.717, 1.165) is 5.39 Å². The van der Waals surface area contributed by atoms with Crippen molar-refractivity contribution in [1.29, 1.82) is 0 Å². The molecule has 0 unspecified atom stereocenters. The largest absolute Gasteiger partial charge is 0.495 e. The Morgan fingerprint density at radius 1 is 0.929 bits per heavy atom. The number of aliphatic hydroxyl groups is 3. The monoisotopic (exact) mass is 391 g/mol. The maximum absolute atomic E-state index is 10.2. The van der Waals surface area contributed by atoms with Gasteiger partial charge in [0.15, 0.2) is 11.5 Å². The first-order chi connectivity index (χ1) is 13.5. The molecule has 9 nitrogen and oxygen atoms in total. The van der Waals surface area contributed by atoms with E-state index < -0.39 is 30.7 Å². The fraction of sp³-hybridized carbons (Fsp3) is 0.421. The second kappa shape index (κ2) is 7.10. The predicted octanol–water partition coefficient (Wildman–Crippen LogP) is 1.20. The first-order valence-electron chi connectivity index (χ1n) is 8.74. The van der Waals surface area contributed by atoms with Gasteiger partial charge in [-0.25, -0.2) is 4.98 Å². The summed E-state index contributed by atoms with van der Waals surface area (Å²) in [6, 6.07) is 5.14. The van der Waals surface area contributed by atoms with Gasteiger partial charge in [0.1, 0.15) is 29.6 Å². The quantitative estimate of drug-likeness (QED) is 0.602. The molecule has 3 aromatic rings. The molecule has 1 aromatic carbocycles. The van der Waals surface area contributed by atoms with Gasteiger partial charge in [0, 0.05) is 5.39 Å². The molecular weight excluding hydrogens is 370 g/mol. The molecular formula is C19H21NO8. The third-order valence-corrected chi connectivity index (χ3v) is 4.90. The summed E-state index contributed by atoms with van der Waals surface area (Å²) in [5, 5.41) is 31.4. The Kier molecular flexibility index (Phi) is 4.76. The van der Waals surface area contributed by atoms with Gasteiger partial charge in [0.25, 0.3) is 0 Å². The number of methoxy groups -OCH3 is 2. The molecule has 28 heavy (non-hydrogen) atoms. The Hall–Kier alpha value is -2.59. The number of ether oxygens (including phenoxy) is 4. The van der Waals surface area contributed by atoms with Crippen molar-refractivity contribution in [3.63, 3.8) is 0 Å². The van der Waals surface area contributed by atoms with Crippen LogP contribution in [0.15, 0.2) is 28.9 Å². The first-order valence-corrected chi connectivity index (χ1v) is 8.74. The van der Waals surface area contributed by atoms with E-state index in [1.165, 1.54) is 13.4 Å². The van der Waals surface area contributed by atoms with E-state index in [-0.39, 0.29) is 11.5 Å². The minimum absolute atomic E-state index is 0.246. The number of aliphatic hydroxyl groups excluding tert-OH is 3. The highest BCUT2D eigenvalue weighted by molar-refractivity contribution is 6.02. The first kappa shape index (κ1) is 18.8. The fourth-order valence-corrected chi connectivity index (χ4v) is 3.40. The van der Waals surface area contributed by atoms with E-state index in [2.05, 4.69) is 4.98 Å². The summed E-state index contributed by atoms with van der Waals surface area (Å²) in [7, 11) is 3.01. The van der Waals surface area contributed by atoms with Crippen molar-refractivity contribution in [3.8, 4) is 17.2 Å². The van der Waals surface area contributed by atoms with Gasteiger partial charge in [-0.05, 0) is 25.1 Å². The van der Waals surface area contributed by atoms with Crippen LogP contribution in [0.25, 0.3) is 22.0 Å². The summed E-state index contributed by atoms with van der Waals surface area (Å²) in [5.41, 5.74) is 0.819. The van der Waals surface area contributed by atoms with Gasteiger partial charge in [-0.2, -0.15) is 0 Å². The SMILES string of the molecule is COc1c2ccoc2nc2c(OC)c(O[C@@H]3O[C@H](C)[C@H](O)[C@@H](O)[C@H]3O)ccc12. The molecule has 1 aliphatic rings. The van der Waals surface area contributed by atoms with Crippen molar-refractivity contribution in [2.24, 2.45) is 0 Å². The normalized spacial score (nSPS) is 27.9. The number of rotatable bonds is 4. The molecule has 5 atom stereocenters. The van der Waals surface area contributed by atoms with Gasteiger partial charge in [0.2, 0.25) is 12.0 Å². The third-order valence-electron chi connectivity index (χ3n) is 4.90. The highest BCUT2D eigenvalue weighted by Gasteiger charge is 2.43. The molecule has 0 aliphatic carbocycles. The summed E-state index contributed by atoms with van der Waals surface area (Å²) in [4.78, 5) is 4.49. The van der Waals surface area contributed by atoms with Crippen molar-refractivity contribution >= 4 is 22.0 Å². The Balaban J connectivity index is 1.79. The zero-order valence-corrected chi connectivity index (χ0v) is 15.5. The summed E-state index contributed by atoms with van der Waals surface area (Å²) in [5.74, 6) is 1.12. The lowest BCUT2D eigenvalue weighted by Crippen LogP contribution is -2.58. The minimum atomic E-state index is -1.44. The van der Waals surface area contributed by atoms with E-state index in [4.69, 9.17) is 23.4 Å². The summed E-state index contributed by atoms with van der Waals surface area (Å²) >= 11 is 0. The number of aromatic nitrogens is 1. The van der Waals surface area contributed by atoms with Crippen molar-refractivity contribution in [2.75, 3.05) is 14.2 Å². The van der Waals surface area contributed by atoms with Gasteiger partial charge in [-0.3, -0.25) is 0 Å². The number of benzene rings is 1. The van der Waals surface area contributed by atoms with Crippen LogP contribution in [0, 0.1) is 0 Å². The van der Waals surface area contributed by atoms with Gasteiger partial charge < -0.3 is 38.7 Å². The van der Waals surface area contributed by atoms with Crippen LogP contribution in [0.4, 0.5) is 0 Å². The van der Waals surface area contributed by atoms with Gasteiger partial charge in [-0.1, -0.05) is 0 Å². The molecule has 1 fully saturated rings. The van der Waals surface area contributed by atoms with E-state index in [0.29, 0.717) is 22.4 Å². The van der Waals surface area contributed by atoms with Crippen molar-refractivity contribution in [3.05, 3.63) is 24.5 Å². The van der Waals surface area contributed by atoms with Crippen LogP contribution in [0.3, 0.4) is 0 Å². The summed E-state index contributed by atoms with van der Waals surface area (Å²) in [6.45, 7) is 1.58. The molecule has 0 amide bonds. The average Bonchev–Trinajstić information content (AvgIpc) is 3.16. The highest BCUT2D eigenvalue weighted by atomic mass is 16.7. The second-order valence-corrected chi connectivity index (χ2v) is 6.58. The lowest BCUT2D eigenvalue weighted by molar-refractivity contribution is -0.268. The average molecular weight is 391 g/mol. The van der Waals surface area contributed by atoms with Crippen LogP contribution in [0.2, 0.25) is 0 Å². The highest BCUT2D eigenvalue weighted by Crippen LogP contribution is 2.42. The third kappa shape index (κ3) is 2.83. The summed E-state index contributed by atoms with van der Waals surface area (Å²) in [6.07, 6.45) is -4.47. The van der Waals surface area contributed by atoms with E-state index in [1.807, 2.05) is 0 Å². The van der Waals surface area contributed by atoms with Crippen LogP contribution < -0.4 is 14.2 Å². The van der Waals surface area contributed by atoms with Gasteiger partial charge in [0.05, 0.1) is 32.0 Å². The molecule has 150 valence electrons. The van der Waals surface area contributed by atoms with Gasteiger partial charge >= 0.3 is 0 Å². The Bertz CT molecular complexity index is 1000. The molecule has 4 rings (SSSR count). The molecule has 0 saturated carbocycles. The number of hydrogen-bond donors (Lipinski definition) is 3. The second-order valence-electron chi connectivity index (χ2n) is 6.58. The molecule has 1 saturated heterocycles. The van der Waals surface area contributed by atoms with E-state index in [1.54, 1.807) is 32.2 Å². The minimum Gasteiger partial charge on any atom is -0.495 e. The van der Waals surface area contributed by atoms with Crippen molar-refractivity contribution in [1.82, 2.24) is 4.98 Å². The number of pyridine rings is 1. The lowest BCUT2D eigenvalue weighted by Gasteiger charge is -2.39. The van der Waals surface area contributed by atoms with Crippen LogP contribution in [0.1, 0.15) is 6.92 Å². The molecule has 2 aromatic heterocycles. The van der Waals surface area contributed by atoms with E-state index in [9.17, 15) is 15.3 Å². The zero-order chi connectivity index (χ0) is 20.0. The maximum atomic E-state index is 10.2. The van der Waals surface area contributed by atoms with Crippen LogP contribution in [-0.4, -0.2) is 65.2 Å². The summed E-state index contributed by atoms with van der Waals surface area (Å²) < 4.78 is 27.7. The number of furan rings is 1. The number of fused-ring (bicyclic) bond motifs is 2. The Morgan fingerprint density at radius 3 is 2.39 bits per heavy atom. The Labute approximate surface area is 160 Å². The predicted molar refractivity (Wildman–Crippen MR) is 97.6 cm³/mol. The zero-order valence-electron chi connectivity index (χ0n) is 15.5. The van der Waals surface area contributed by atoms with Crippen LogP contribution in [-0.2, 0) is 4.74 Å². The molecule has 3 heterocycles. The topological polar surface area (TPSA) is 124 Å². The van der Waals surface area contributed by atoms with E-state index >= 15 is 0 Å². The molecule has 0 radical (unpaired) electrons. The molecule has 0 bridgehead atoms. The lowest BCUT2D eigenvalue weighted by atomic mass is 10.00. The maximum Gasteiger partial charge on any atom is 0.230 e. The molecule has 0 spiro atoms. The number of nitrogens with zero attached hydrogens (tertiary/aromatic N) is 1. The molecule has 3 N–H and O–H groups in total. The molecule has 1 aliphatic heterocycles.